The molecule has 0 amide bonds. The monoisotopic (exact) mass is 304 g/mol. The Morgan fingerprint density at radius 2 is 2.35 bits per heavy atom. The summed E-state index contributed by atoms with van der Waals surface area (Å²) in [5.74, 6) is 0.592. The van der Waals surface area contributed by atoms with E-state index in [1.807, 2.05) is 6.07 Å². The van der Waals surface area contributed by atoms with E-state index in [1.165, 1.54) is 10.4 Å². The summed E-state index contributed by atoms with van der Waals surface area (Å²) in [6, 6.07) is 6.21. The largest absolute Gasteiger partial charge is 0.477 e. The van der Waals surface area contributed by atoms with Gasteiger partial charge in [-0.1, -0.05) is 18.3 Å². The van der Waals surface area contributed by atoms with E-state index < -0.39 is 0 Å². The summed E-state index contributed by atoms with van der Waals surface area (Å²) in [4.78, 5) is 6.27. The zero-order chi connectivity index (χ0) is 13.9. The molecule has 0 saturated heterocycles. The Morgan fingerprint density at radius 1 is 1.45 bits per heavy atom. The van der Waals surface area contributed by atoms with Gasteiger partial charge in [-0.3, -0.25) is 0 Å². The lowest BCUT2D eigenvalue weighted by Gasteiger charge is -2.11. The van der Waals surface area contributed by atoms with Gasteiger partial charge in [-0.25, -0.2) is 4.98 Å². The normalized spacial score (nSPS) is 13.2. The van der Waals surface area contributed by atoms with Gasteiger partial charge < -0.3 is 10.5 Å². The molecule has 104 valence electrons. The maximum Gasteiger partial charge on any atom is 0.224 e. The number of nitrogens with zero attached hydrogens (tertiary/aromatic N) is 1. The third kappa shape index (κ3) is 2.83. The Labute approximate surface area is 127 Å². The van der Waals surface area contributed by atoms with E-state index in [2.05, 4.69) is 22.5 Å². The van der Waals surface area contributed by atoms with Crippen molar-refractivity contribution in [3.63, 3.8) is 0 Å². The zero-order valence-electron chi connectivity index (χ0n) is 11.1. The molecule has 2 aromatic rings. The first kappa shape index (κ1) is 13.5. The van der Waals surface area contributed by atoms with Crippen LogP contribution in [0, 0.1) is 0 Å². The number of aryl methyl sites for hydroxylation is 2. The van der Waals surface area contributed by atoms with Crippen molar-refractivity contribution in [2.24, 2.45) is 5.73 Å². The Kier molecular flexibility index (Phi) is 3.98. The molecule has 2 aromatic heterocycles. The van der Waals surface area contributed by atoms with E-state index in [0.717, 1.165) is 36.9 Å². The predicted octanol–water partition coefficient (Wildman–Crippen LogP) is 2.89. The molecule has 5 heteroatoms. The number of rotatable bonds is 5. The Morgan fingerprint density at radius 3 is 3.10 bits per heavy atom. The topological polar surface area (TPSA) is 48.1 Å². The van der Waals surface area contributed by atoms with Crippen LogP contribution in [0.3, 0.4) is 0 Å². The second-order valence-electron chi connectivity index (χ2n) is 4.84. The smallest absolute Gasteiger partial charge is 0.224 e. The van der Waals surface area contributed by atoms with Gasteiger partial charge in [-0.15, -0.1) is 11.3 Å². The van der Waals surface area contributed by atoms with Crippen LogP contribution >= 0.6 is 23.6 Å². The second-order valence-corrected chi connectivity index (χ2v) is 6.31. The van der Waals surface area contributed by atoms with E-state index >= 15 is 0 Å². The molecule has 2 heterocycles. The average Bonchev–Trinajstić information content (AvgIpc) is 3.07. The molecule has 2 N–H and O–H groups in total. The summed E-state index contributed by atoms with van der Waals surface area (Å²) in [5, 5.41) is 2.07. The van der Waals surface area contributed by atoms with Crippen LogP contribution in [0.2, 0.25) is 0 Å². The van der Waals surface area contributed by atoms with Crippen molar-refractivity contribution in [2.45, 2.75) is 25.7 Å². The summed E-state index contributed by atoms with van der Waals surface area (Å²) < 4.78 is 5.83. The molecule has 0 unspecified atom stereocenters. The summed E-state index contributed by atoms with van der Waals surface area (Å²) >= 11 is 6.85. The van der Waals surface area contributed by atoms with Crippen molar-refractivity contribution in [2.75, 3.05) is 6.61 Å². The lowest BCUT2D eigenvalue weighted by molar-refractivity contribution is 0.309. The van der Waals surface area contributed by atoms with E-state index in [4.69, 9.17) is 22.7 Å². The highest BCUT2D eigenvalue weighted by atomic mass is 32.1. The molecule has 0 atom stereocenters. The molecule has 0 radical (unpaired) electrons. The Balaban J connectivity index is 1.75. The Bertz CT molecular complexity index is 623. The number of aromatic nitrogens is 1. The minimum absolute atomic E-state index is 0.360. The first-order valence-corrected chi connectivity index (χ1v) is 8.00. The van der Waals surface area contributed by atoms with Crippen LogP contribution in [0.15, 0.2) is 23.6 Å². The summed E-state index contributed by atoms with van der Waals surface area (Å²) in [6.45, 7) is 0.599. The summed E-state index contributed by atoms with van der Waals surface area (Å²) in [6.07, 6.45) is 4.12. The molecule has 0 fully saturated rings. The zero-order valence-corrected chi connectivity index (χ0v) is 12.7. The standard InChI is InChI=1S/C15H16N2OS2/c16-14(19)12-9-10-3-1-5-13(10)17-15(12)18-7-6-11-4-2-8-20-11/h2,4,8-9H,1,3,5-7H2,(H2,16,19). The molecule has 1 aliphatic rings. The van der Waals surface area contributed by atoms with E-state index in [0.29, 0.717) is 17.5 Å². The fourth-order valence-corrected chi connectivity index (χ4v) is 3.28. The van der Waals surface area contributed by atoms with Gasteiger partial charge in [-0.2, -0.15) is 0 Å². The van der Waals surface area contributed by atoms with Gasteiger partial charge in [0, 0.05) is 17.0 Å². The summed E-state index contributed by atoms with van der Waals surface area (Å²) in [7, 11) is 0. The van der Waals surface area contributed by atoms with Crippen LogP contribution < -0.4 is 10.5 Å². The number of fused-ring (bicyclic) bond motifs is 1. The third-order valence-electron chi connectivity index (χ3n) is 3.45. The minimum Gasteiger partial charge on any atom is -0.477 e. The van der Waals surface area contributed by atoms with Crippen LogP contribution in [-0.4, -0.2) is 16.6 Å². The molecule has 20 heavy (non-hydrogen) atoms. The number of nitrogens with two attached hydrogens (primary N) is 1. The number of pyridine rings is 1. The van der Waals surface area contributed by atoms with Crippen LogP contribution in [0.25, 0.3) is 0 Å². The fraction of sp³-hybridized carbons (Fsp3) is 0.333. The van der Waals surface area contributed by atoms with Crippen molar-refractivity contribution in [3.8, 4) is 5.88 Å². The average molecular weight is 304 g/mol. The minimum atomic E-state index is 0.360. The van der Waals surface area contributed by atoms with Gasteiger partial charge >= 0.3 is 0 Å². The highest BCUT2D eigenvalue weighted by Crippen LogP contribution is 2.26. The van der Waals surface area contributed by atoms with Crippen molar-refractivity contribution in [1.82, 2.24) is 4.98 Å². The van der Waals surface area contributed by atoms with Crippen molar-refractivity contribution >= 4 is 28.5 Å². The van der Waals surface area contributed by atoms with Crippen LogP contribution in [-0.2, 0) is 19.3 Å². The molecule has 0 bridgehead atoms. The van der Waals surface area contributed by atoms with Crippen molar-refractivity contribution < 1.29 is 4.74 Å². The molecule has 0 aromatic carbocycles. The molecule has 3 rings (SSSR count). The quantitative estimate of drug-likeness (QED) is 0.863. The molecule has 1 aliphatic carbocycles. The maximum atomic E-state index is 5.83. The maximum absolute atomic E-state index is 5.83. The molecule has 0 spiro atoms. The van der Waals surface area contributed by atoms with E-state index in [-0.39, 0.29) is 0 Å². The summed E-state index contributed by atoms with van der Waals surface area (Å²) in [5.41, 5.74) is 8.96. The molecule has 3 nitrogen and oxygen atoms in total. The molecule has 0 saturated carbocycles. The van der Waals surface area contributed by atoms with Gasteiger partial charge in [-0.05, 0) is 42.3 Å². The van der Waals surface area contributed by atoms with Crippen LogP contribution in [0.4, 0.5) is 0 Å². The van der Waals surface area contributed by atoms with E-state index in [9.17, 15) is 0 Å². The lowest BCUT2D eigenvalue weighted by Crippen LogP contribution is -2.15. The van der Waals surface area contributed by atoms with Crippen LogP contribution in [0.5, 0.6) is 5.88 Å². The first-order valence-electron chi connectivity index (χ1n) is 6.72. The van der Waals surface area contributed by atoms with Crippen LogP contribution in [0.1, 0.15) is 28.1 Å². The SMILES string of the molecule is NC(=S)c1cc2c(nc1OCCc1cccs1)CCC2. The third-order valence-corrected chi connectivity index (χ3v) is 4.60. The van der Waals surface area contributed by atoms with Gasteiger partial charge in [0.25, 0.3) is 0 Å². The number of ether oxygens (including phenoxy) is 1. The van der Waals surface area contributed by atoms with Gasteiger partial charge in [0.2, 0.25) is 5.88 Å². The fourth-order valence-electron chi connectivity index (χ4n) is 2.44. The predicted molar refractivity (Wildman–Crippen MR) is 85.7 cm³/mol. The molecular formula is C15H16N2OS2. The van der Waals surface area contributed by atoms with Gasteiger partial charge in [0.15, 0.2) is 0 Å². The number of hydrogen-bond acceptors (Lipinski definition) is 4. The highest BCUT2D eigenvalue weighted by molar-refractivity contribution is 7.80. The molecular weight excluding hydrogens is 288 g/mol. The molecule has 0 aliphatic heterocycles. The van der Waals surface area contributed by atoms with E-state index in [1.54, 1.807) is 11.3 Å². The highest BCUT2D eigenvalue weighted by Gasteiger charge is 2.18. The lowest BCUT2D eigenvalue weighted by atomic mass is 10.1. The van der Waals surface area contributed by atoms with Gasteiger partial charge in [0.1, 0.15) is 4.99 Å². The first-order chi connectivity index (χ1) is 9.74. The van der Waals surface area contributed by atoms with Crippen molar-refractivity contribution in [1.29, 1.82) is 0 Å². The Hall–Kier alpha value is -1.46. The number of thiophene rings is 1. The second kappa shape index (κ2) is 5.89. The number of hydrogen-bond donors (Lipinski definition) is 1. The van der Waals surface area contributed by atoms with Gasteiger partial charge in [0.05, 0.1) is 12.2 Å². The number of thiocarbonyl (C=S) groups is 1. The van der Waals surface area contributed by atoms with Crippen molar-refractivity contribution in [3.05, 3.63) is 45.3 Å².